The molecule has 2 aromatic heterocycles. The number of nitrogens with zero attached hydrogens (tertiary/aromatic N) is 4. The molecule has 0 bridgehead atoms. The predicted octanol–water partition coefficient (Wildman–Crippen LogP) is 5.08. The molecule has 2 saturated carbocycles. The number of methoxy groups -OCH3 is 1. The van der Waals surface area contributed by atoms with E-state index in [9.17, 15) is 4.79 Å². The largest absolute Gasteiger partial charge is 0.381 e. The minimum absolute atomic E-state index is 0.0222. The Morgan fingerprint density at radius 1 is 1.15 bits per heavy atom. The van der Waals surface area contributed by atoms with Gasteiger partial charge in [-0.3, -0.25) is 9.36 Å². The Balaban J connectivity index is 1.17. The summed E-state index contributed by atoms with van der Waals surface area (Å²) in [5, 5.41) is 4.28. The second-order valence-electron chi connectivity index (χ2n) is 10.2. The van der Waals surface area contributed by atoms with Crippen molar-refractivity contribution in [1.82, 2.24) is 18.8 Å². The zero-order chi connectivity index (χ0) is 23.3. The number of rotatable bonds is 6. The summed E-state index contributed by atoms with van der Waals surface area (Å²) in [7, 11) is 1.82. The van der Waals surface area contributed by atoms with Crippen LogP contribution in [0.1, 0.15) is 50.1 Å². The standard InChI is InChI=1S/C26H31N5O2S/c1-17-11-21(34-30-15-26(16-30)12-20(13-26)33-2)8-9-22(17)28-25-27-14-18-7-10-23(32)31(24(18)29-25)19-5-3-4-6-19/h7-11,14,19-20H,3-6,12-13,15-16H2,1-2H3,(H,27,28,29). The van der Waals surface area contributed by atoms with Gasteiger partial charge in [0.2, 0.25) is 5.95 Å². The number of benzene rings is 1. The van der Waals surface area contributed by atoms with E-state index >= 15 is 0 Å². The zero-order valence-electron chi connectivity index (χ0n) is 19.8. The van der Waals surface area contributed by atoms with Crippen LogP contribution in [-0.2, 0) is 4.74 Å². The average Bonchev–Trinajstić information content (AvgIpc) is 3.30. The molecule has 0 radical (unpaired) electrons. The van der Waals surface area contributed by atoms with Crippen LogP contribution in [0.15, 0.2) is 46.2 Å². The van der Waals surface area contributed by atoms with E-state index in [4.69, 9.17) is 9.72 Å². The fourth-order valence-electron chi connectivity index (χ4n) is 5.81. The van der Waals surface area contributed by atoms with Crippen molar-refractivity contribution >= 4 is 34.6 Å². The van der Waals surface area contributed by atoms with E-state index in [0.717, 1.165) is 48.2 Å². The molecule has 178 valence electrons. The van der Waals surface area contributed by atoms with Crippen LogP contribution in [0.5, 0.6) is 0 Å². The van der Waals surface area contributed by atoms with Gasteiger partial charge < -0.3 is 10.1 Å². The third-order valence-electron chi connectivity index (χ3n) is 7.71. The van der Waals surface area contributed by atoms with Crippen molar-refractivity contribution in [2.45, 2.75) is 62.5 Å². The number of hydrogen-bond acceptors (Lipinski definition) is 7. The first-order valence-corrected chi connectivity index (χ1v) is 13.0. The maximum absolute atomic E-state index is 12.7. The van der Waals surface area contributed by atoms with E-state index in [0.29, 0.717) is 17.5 Å². The Morgan fingerprint density at radius 2 is 1.94 bits per heavy atom. The van der Waals surface area contributed by atoms with Gasteiger partial charge in [-0.1, -0.05) is 12.8 Å². The van der Waals surface area contributed by atoms with E-state index < -0.39 is 0 Å². The topological polar surface area (TPSA) is 72.3 Å². The molecule has 1 N–H and O–H groups in total. The fraction of sp³-hybridized carbons (Fsp3) is 0.500. The fourth-order valence-corrected chi connectivity index (χ4v) is 7.15. The molecule has 1 spiro atoms. The van der Waals surface area contributed by atoms with Crippen LogP contribution >= 0.6 is 11.9 Å². The van der Waals surface area contributed by atoms with Gasteiger partial charge in [0.05, 0.1) is 6.10 Å². The molecule has 34 heavy (non-hydrogen) atoms. The maximum Gasteiger partial charge on any atom is 0.252 e. The maximum atomic E-state index is 12.7. The van der Waals surface area contributed by atoms with Gasteiger partial charge in [0.25, 0.3) is 5.56 Å². The molecule has 3 aliphatic rings. The van der Waals surface area contributed by atoms with Gasteiger partial charge in [0, 0.05) is 59.9 Å². The van der Waals surface area contributed by atoms with Gasteiger partial charge in [-0.25, -0.2) is 9.29 Å². The van der Waals surface area contributed by atoms with Crippen LogP contribution in [0.4, 0.5) is 11.6 Å². The molecule has 3 aromatic rings. The van der Waals surface area contributed by atoms with E-state index in [-0.39, 0.29) is 11.6 Å². The van der Waals surface area contributed by atoms with Crippen LogP contribution in [-0.4, -0.2) is 45.1 Å². The normalized spacial score (nSPS) is 20.5. The summed E-state index contributed by atoms with van der Waals surface area (Å²) in [6, 6.07) is 10.2. The molecule has 1 aliphatic heterocycles. The van der Waals surface area contributed by atoms with E-state index in [1.807, 2.05) is 35.9 Å². The van der Waals surface area contributed by atoms with Crippen molar-refractivity contribution in [1.29, 1.82) is 0 Å². The number of aromatic nitrogens is 3. The van der Waals surface area contributed by atoms with Crippen LogP contribution in [0, 0.1) is 12.3 Å². The average molecular weight is 478 g/mol. The first-order chi connectivity index (χ1) is 16.5. The van der Waals surface area contributed by atoms with Gasteiger partial charge in [-0.05, 0) is 74.4 Å². The highest BCUT2D eigenvalue weighted by Crippen LogP contribution is 2.52. The third-order valence-corrected chi connectivity index (χ3v) is 8.70. The van der Waals surface area contributed by atoms with Gasteiger partial charge in [0.15, 0.2) is 0 Å². The summed E-state index contributed by atoms with van der Waals surface area (Å²) < 4.78 is 9.77. The Morgan fingerprint density at radius 3 is 2.68 bits per heavy atom. The first-order valence-electron chi connectivity index (χ1n) is 12.2. The molecule has 0 atom stereocenters. The molecule has 6 rings (SSSR count). The monoisotopic (exact) mass is 477 g/mol. The number of nitrogens with one attached hydrogen (secondary N) is 1. The highest BCUT2D eigenvalue weighted by Gasteiger charge is 2.52. The molecule has 0 amide bonds. The summed E-state index contributed by atoms with van der Waals surface area (Å²) in [5.41, 5.74) is 3.37. The van der Waals surface area contributed by atoms with Gasteiger partial charge >= 0.3 is 0 Å². The second-order valence-corrected chi connectivity index (χ2v) is 11.4. The minimum Gasteiger partial charge on any atom is -0.381 e. The summed E-state index contributed by atoms with van der Waals surface area (Å²) in [4.78, 5) is 23.2. The molecule has 7 nitrogen and oxygen atoms in total. The molecular formula is C26H31N5O2S. The van der Waals surface area contributed by atoms with Gasteiger partial charge in [0.1, 0.15) is 5.65 Å². The molecule has 1 aromatic carbocycles. The van der Waals surface area contributed by atoms with Crippen molar-refractivity contribution in [2.24, 2.45) is 5.41 Å². The Hall–Kier alpha value is -2.42. The lowest BCUT2D eigenvalue weighted by Crippen LogP contribution is -2.61. The first kappa shape index (κ1) is 22.1. The number of pyridine rings is 1. The van der Waals surface area contributed by atoms with Crippen molar-refractivity contribution in [3.63, 3.8) is 0 Å². The lowest BCUT2D eigenvalue weighted by atomic mass is 9.63. The number of anilines is 2. The number of aryl methyl sites for hydroxylation is 1. The zero-order valence-corrected chi connectivity index (χ0v) is 20.6. The Kier molecular flexibility index (Phi) is 5.62. The van der Waals surface area contributed by atoms with E-state index in [1.54, 1.807) is 6.07 Å². The van der Waals surface area contributed by atoms with Crippen LogP contribution < -0.4 is 10.9 Å². The lowest BCUT2D eigenvalue weighted by molar-refractivity contribution is -0.112. The van der Waals surface area contributed by atoms with Crippen molar-refractivity contribution in [3.8, 4) is 0 Å². The molecule has 3 heterocycles. The molecule has 8 heteroatoms. The summed E-state index contributed by atoms with van der Waals surface area (Å²) >= 11 is 1.83. The quantitative estimate of drug-likeness (QED) is 0.497. The molecule has 1 saturated heterocycles. The van der Waals surface area contributed by atoms with Gasteiger partial charge in [-0.2, -0.15) is 4.98 Å². The van der Waals surface area contributed by atoms with Crippen LogP contribution in [0.3, 0.4) is 0 Å². The lowest BCUT2D eigenvalue weighted by Gasteiger charge is -2.58. The number of fused-ring (bicyclic) bond motifs is 1. The highest BCUT2D eigenvalue weighted by molar-refractivity contribution is 7.97. The summed E-state index contributed by atoms with van der Waals surface area (Å²) in [5.74, 6) is 0.524. The molecule has 2 aliphatic carbocycles. The smallest absolute Gasteiger partial charge is 0.252 e. The third kappa shape index (κ3) is 4.01. The highest BCUT2D eigenvalue weighted by atomic mass is 32.2. The number of hydrogen-bond donors (Lipinski definition) is 1. The van der Waals surface area contributed by atoms with E-state index in [1.165, 1.54) is 30.6 Å². The SMILES string of the molecule is COC1CC2(C1)CN(Sc1ccc(Nc3ncc4ccc(=O)n(C5CCCC5)c4n3)c(C)c1)C2. The number of ether oxygens (including phenoxy) is 1. The Labute approximate surface area is 204 Å². The van der Waals surface area contributed by atoms with Crippen molar-refractivity contribution in [3.05, 3.63) is 52.4 Å². The Bertz CT molecular complexity index is 1270. The second kappa shape index (κ2) is 8.66. The van der Waals surface area contributed by atoms with Crippen LogP contribution in [0.2, 0.25) is 0 Å². The molecule has 3 fully saturated rings. The van der Waals surface area contributed by atoms with Crippen molar-refractivity contribution in [2.75, 3.05) is 25.5 Å². The summed E-state index contributed by atoms with van der Waals surface area (Å²) in [6.07, 6.45) is 9.07. The predicted molar refractivity (Wildman–Crippen MR) is 136 cm³/mol. The van der Waals surface area contributed by atoms with Gasteiger partial charge in [-0.15, -0.1) is 0 Å². The molecule has 0 unspecified atom stereocenters. The summed E-state index contributed by atoms with van der Waals surface area (Å²) in [6.45, 7) is 4.39. The minimum atomic E-state index is 0.0222. The van der Waals surface area contributed by atoms with Crippen molar-refractivity contribution < 1.29 is 4.74 Å². The molecular weight excluding hydrogens is 446 g/mol. The van der Waals surface area contributed by atoms with E-state index in [2.05, 4.69) is 39.7 Å². The van der Waals surface area contributed by atoms with Crippen LogP contribution in [0.25, 0.3) is 11.0 Å².